The first-order chi connectivity index (χ1) is 14.5. The van der Waals surface area contributed by atoms with Crippen molar-refractivity contribution in [3.05, 3.63) is 63.9 Å². The van der Waals surface area contributed by atoms with E-state index in [-0.39, 0.29) is 23.8 Å². The van der Waals surface area contributed by atoms with Crippen LogP contribution in [-0.4, -0.2) is 32.6 Å². The summed E-state index contributed by atoms with van der Waals surface area (Å²) in [6.45, 7) is 3.68. The smallest absolute Gasteiger partial charge is 0.269 e. The monoisotopic (exact) mass is 442 g/mol. The minimum Gasteiger partial charge on any atom is -0.294 e. The molecule has 8 nitrogen and oxygen atoms in total. The summed E-state index contributed by atoms with van der Waals surface area (Å²) in [5, 5.41) is 20.0. The van der Waals surface area contributed by atoms with Gasteiger partial charge in [-0.2, -0.15) is 0 Å². The first kappa shape index (κ1) is 20.4. The predicted octanol–water partition coefficient (Wildman–Crippen LogP) is 4.25. The number of allylic oxidation sites excluding steroid dienone is 2. The number of benzene rings is 1. The standard InChI is InChI=1S/C20H18N4O4S2/c1-2-9-29-20-22-21-19(30-20)23-15-7-4-8-16(25)18(15)14(11-17(23)26)12-5-3-6-13(10-12)24(27)28/h2-3,5-6,10,14H,1,4,7-9,11H2. The number of ketones is 1. The Balaban J connectivity index is 1.77. The number of rotatable bonds is 6. The van der Waals surface area contributed by atoms with Crippen molar-refractivity contribution in [2.75, 3.05) is 10.7 Å². The summed E-state index contributed by atoms with van der Waals surface area (Å²) < 4.78 is 0.725. The summed E-state index contributed by atoms with van der Waals surface area (Å²) in [5.41, 5.74) is 1.77. The third-order valence-corrected chi connectivity index (χ3v) is 7.11. The third-order valence-electron chi connectivity index (χ3n) is 5.07. The number of hydrogen-bond donors (Lipinski definition) is 0. The van der Waals surface area contributed by atoms with E-state index in [0.717, 1.165) is 4.34 Å². The van der Waals surface area contributed by atoms with Gasteiger partial charge in [-0.15, -0.1) is 16.8 Å². The lowest BCUT2D eigenvalue weighted by Crippen LogP contribution is -2.40. The summed E-state index contributed by atoms with van der Waals surface area (Å²) in [7, 11) is 0. The summed E-state index contributed by atoms with van der Waals surface area (Å²) in [4.78, 5) is 38.3. The third kappa shape index (κ3) is 3.80. The lowest BCUT2D eigenvalue weighted by molar-refractivity contribution is -0.384. The molecule has 1 unspecified atom stereocenters. The highest BCUT2D eigenvalue weighted by Gasteiger charge is 2.41. The summed E-state index contributed by atoms with van der Waals surface area (Å²) >= 11 is 2.79. The van der Waals surface area contributed by atoms with Gasteiger partial charge in [-0.3, -0.25) is 24.6 Å². The highest BCUT2D eigenvalue weighted by atomic mass is 32.2. The zero-order valence-corrected chi connectivity index (χ0v) is 17.6. The van der Waals surface area contributed by atoms with Gasteiger partial charge in [0.2, 0.25) is 11.0 Å². The number of amides is 1. The van der Waals surface area contributed by atoms with Gasteiger partial charge in [-0.25, -0.2) is 0 Å². The summed E-state index contributed by atoms with van der Waals surface area (Å²) in [5.74, 6) is -0.00413. The fraction of sp³-hybridized carbons (Fsp3) is 0.300. The van der Waals surface area contributed by atoms with Crippen molar-refractivity contribution in [1.29, 1.82) is 0 Å². The molecule has 2 aromatic rings. The molecule has 1 aromatic heterocycles. The van der Waals surface area contributed by atoms with Crippen LogP contribution in [0.2, 0.25) is 0 Å². The average Bonchev–Trinajstić information content (AvgIpc) is 3.20. The zero-order chi connectivity index (χ0) is 21.3. The van der Waals surface area contributed by atoms with E-state index in [1.54, 1.807) is 18.2 Å². The number of nitro benzene ring substituents is 1. The molecule has 1 aliphatic carbocycles. The average molecular weight is 443 g/mol. The minimum atomic E-state index is -0.487. The van der Waals surface area contributed by atoms with E-state index in [0.29, 0.717) is 47.0 Å². The van der Waals surface area contributed by atoms with Gasteiger partial charge in [-0.1, -0.05) is 41.3 Å². The van der Waals surface area contributed by atoms with Gasteiger partial charge in [0.1, 0.15) is 0 Å². The fourth-order valence-electron chi connectivity index (χ4n) is 3.84. The van der Waals surface area contributed by atoms with E-state index in [9.17, 15) is 19.7 Å². The minimum absolute atomic E-state index is 0.0176. The van der Waals surface area contributed by atoms with Gasteiger partial charge in [0.15, 0.2) is 10.1 Å². The van der Waals surface area contributed by atoms with Crippen molar-refractivity contribution in [1.82, 2.24) is 10.2 Å². The maximum Gasteiger partial charge on any atom is 0.269 e. The normalized spacial score (nSPS) is 19.1. The van der Waals surface area contributed by atoms with Crippen LogP contribution in [-0.2, 0) is 9.59 Å². The summed E-state index contributed by atoms with van der Waals surface area (Å²) in [6, 6.07) is 6.19. The van der Waals surface area contributed by atoms with Crippen molar-refractivity contribution in [3.8, 4) is 0 Å². The molecule has 0 spiro atoms. The highest BCUT2D eigenvalue weighted by Crippen LogP contribution is 2.44. The van der Waals surface area contributed by atoms with Crippen molar-refractivity contribution in [2.24, 2.45) is 0 Å². The molecule has 0 fully saturated rings. The number of non-ortho nitro benzene ring substituents is 1. The molecule has 1 amide bonds. The Morgan fingerprint density at radius 1 is 1.33 bits per heavy atom. The van der Waals surface area contributed by atoms with Crippen LogP contribution in [0, 0.1) is 10.1 Å². The van der Waals surface area contributed by atoms with Crippen LogP contribution in [0.15, 0.2) is 52.5 Å². The number of carbonyl (C=O) groups is 2. The van der Waals surface area contributed by atoms with Gasteiger partial charge in [-0.05, 0) is 18.4 Å². The quantitative estimate of drug-likeness (QED) is 0.216. The van der Waals surface area contributed by atoms with E-state index >= 15 is 0 Å². The molecule has 0 radical (unpaired) electrons. The van der Waals surface area contributed by atoms with Crippen molar-refractivity contribution in [2.45, 2.75) is 35.9 Å². The van der Waals surface area contributed by atoms with Crippen LogP contribution in [0.4, 0.5) is 10.8 Å². The van der Waals surface area contributed by atoms with Crippen LogP contribution >= 0.6 is 23.1 Å². The predicted molar refractivity (Wildman–Crippen MR) is 115 cm³/mol. The van der Waals surface area contributed by atoms with Crippen molar-refractivity contribution >= 4 is 45.6 Å². The lowest BCUT2D eigenvalue weighted by Gasteiger charge is -2.36. The maximum atomic E-state index is 13.1. The molecule has 4 rings (SSSR count). The number of anilines is 1. The molecule has 2 heterocycles. The molecule has 1 aromatic carbocycles. The number of carbonyl (C=O) groups excluding carboxylic acids is 2. The summed E-state index contributed by atoms with van der Waals surface area (Å²) in [6.07, 6.45) is 3.46. The van der Waals surface area contributed by atoms with E-state index < -0.39 is 10.8 Å². The molecule has 1 aliphatic heterocycles. The number of nitrogens with zero attached hydrogens (tertiary/aromatic N) is 4. The first-order valence-electron chi connectivity index (χ1n) is 9.40. The second-order valence-corrected chi connectivity index (χ2v) is 9.15. The Kier molecular flexibility index (Phi) is 5.78. The number of thioether (sulfide) groups is 1. The second-order valence-electron chi connectivity index (χ2n) is 6.93. The number of aromatic nitrogens is 2. The Hall–Kier alpha value is -2.85. The van der Waals surface area contributed by atoms with E-state index in [1.165, 1.54) is 40.1 Å². The Bertz CT molecular complexity index is 1080. The number of Topliss-reactive ketones (excluding diaryl/α,β-unsaturated/α-hetero) is 1. The lowest BCUT2D eigenvalue weighted by atomic mass is 9.77. The molecule has 1 atom stereocenters. The molecular formula is C20H18N4O4S2. The van der Waals surface area contributed by atoms with E-state index in [1.807, 2.05) is 0 Å². The molecule has 2 aliphatic rings. The van der Waals surface area contributed by atoms with Gasteiger partial charge in [0.05, 0.1) is 4.92 Å². The van der Waals surface area contributed by atoms with Gasteiger partial charge >= 0.3 is 0 Å². The maximum absolute atomic E-state index is 13.1. The second kappa shape index (κ2) is 8.49. The molecule has 0 saturated heterocycles. The van der Waals surface area contributed by atoms with Crippen molar-refractivity contribution < 1.29 is 14.5 Å². The van der Waals surface area contributed by atoms with Crippen molar-refractivity contribution in [3.63, 3.8) is 0 Å². The van der Waals surface area contributed by atoms with E-state index in [2.05, 4.69) is 16.8 Å². The Labute approximate surface area is 180 Å². The number of nitro groups is 1. The van der Waals surface area contributed by atoms with Gasteiger partial charge in [0.25, 0.3) is 5.69 Å². The molecule has 0 N–H and O–H groups in total. The Morgan fingerprint density at radius 3 is 2.93 bits per heavy atom. The largest absolute Gasteiger partial charge is 0.294 e. The fourth-order valence-corrected chi connectivity index (χ4v) is 5.48. The molecule has 30 heavy (non-hydrogen) atoms. The molecule has 0 saturated carbocycles. The zero-order valence-electron chi connectivity index (χ0n) is 15.9. The van der Waals surface area contributed by atoms with Crippen LogP contribution in [0.25, 0.3) is 0 Å². The van der Waals surface area contributed by atoms with Crippen LogP contribution in [0.3, 0.4) is 0 Å². The van der Waals surface area contributed by atoms with Gasteiger partial charge < -0.3 is 0 Å². The molecule has 10 heteroatoms. The van der Waals surface area contributed by atoms with Crippen LogP contribution in [0.1, 0.15) is 37.2 Å². The highest BCUT2D eigenvalue weighted by molar-refractivity contribution is 8.01. The SMILES string of the molecule is C=CCSc1nnc(N2C(=O)CC(c3cccc([N+](=O)[O-])c3)C3=C2CCCC3=O)s1. The van der Waals surface area contributed by atoms with Crippen LogP contribution < -0.4 is 4.90 Å². The number of hydrogen-bond acceptors (Lipinski definition) is 8. The molecule has 154 valence electrons. The molecular weight excluding hydrogens is 424 g/mol. The van der Waals surface area contributed by atoms with Gasteiger partial charge in [0, 0.05) is 47.9 Å². The van der Waals surface area contributed by atoms with Crippen LogP contribution in [0.5, 0.6) is 0 Å². The van der Waals surface area contributed by atoms with E-state index in [4.69, 9.17) is 0 Å². The Morgan fingerprint density at radius 2 is 2.17 bits per heavy atom. The topological polar surface area (TPSA) is 106 Å². The molecule has 0 bridgehead atoms. The first-order valence-corrected chi connectivity index (χ1v) is 11.2.